The Morgan fingerprint density at radius 3 is 1.52 bits per heavy atom. The van der Waals surface area contributed by atoms with Crippen LogP contribution in [-0.4, -0.2) is 9.13 Å². The first-order valence-electron chi connectivity index (χ1n) is 15.9. The smallest absolute Gasteiger partial charge is 0.218 e. The fraction of sp³-hybridized carbons (Fsp3) is 0. The molecule has 0 aliphatic rings. The SMILES string of the molecule is [C-]#[N+]c1c(-c2ccc(-c3ccccc3-n3c4ccccc4c4ccccc43)cc2)cccc1-n1c2ccccc2c2c([N+]#[C-])cccc21. The summed E-state index contributed by atoms with van der Waals surface area (Å²) in [6, 6.07) is 54.3. The molecule has 0 atom stereocenters. The Bertz CT molecular complexity index is 2750. The van der Waals surface area contributed by atoms with Crippen LogP contribution < -0.4 is 0 Å². The monoisotopic (exact) mass is 610 g/mol. The van der Waals surface area contributed by atoms with Gasteiger partial charge in [0.1, 0.15) is 0 Å². The Hall–Kier alpha value is -6.88. The summed E-state index contributed by atoms with van der Waals surface area (Å²) in [6.07, 6.45) is 0. The summed E-state index contributed by atoms with van der Waals surface area (Å²) in [6.45, 7) is 16.2. The third kappa shape index (κ3) is 4.01. The van der Waals surface area contributed by atoms with Crippen LogP contribution in [0.25, 0.3) is 86.9 Å². The number of benzene rings is 7. The van der Waals surface area contributed by atoms with E-state index < -0.39 is 0 Å². The second kappa shape index (κ2) is 10.9. The fourth-order valence-electron chi connectivity index (χ4n) is 7.34. The molecule has 48 heavy (non-hydrogen) atoms. The van der Waals surface area contributed by atoms with Crippen LogP contribution in [0.4, 0.5) is 11.4 Å². The minimum atomic E-state index is 0.576. The van der Waals surface area contributed by atoms with Gasteiger partial charge in [0.2, 0.25) is 5.69 Å². The molecule has 0 amide bonds. The predicted molar refractivity (Wildman–Crippen MR) is 199 cm³/mol. The number of hydrogen-bond donors (Lipinski definition) is 0. The van der Waals surface area contributed by atoms with Gasteiger partial charge in [0.05, 0.1) is 41.1 Å². The molecule has 7 aromatic carbocycles. The highest BCUT2D eigenvalue weighted by Crippen LogP contribution is 2.43. The van der Waals surface area contributed by atoms with Crippen LogP contribution in [0.15, 0.2) is 158 Å². The van der Waals surface area contributed by atoms with Gasteiger partial charge in [-0.05, 0) is 58.5 Å². The third-order valence-corrected chi connectivity index (χ3v) is 9.40. The second-order valence-electron chi connectivity index (χ2n) is 11.9. The van der Waals surface area contributed by atoms with Crippen molar-refractivity contribution < 1.29 is 0 Å². The van der Waals surface area contributed by atoms with Crippen molar-refractivity contribution in [2.45, 2.75) is 0 Å². The molecule has 0 saturated carbocycles. The van der Waals surface area contributed by atoms with Crippen LogP contribution in [0.1, 0.15) is 0 Å². The van der Waals surface area contributed by atoms with Crippen molar-refractivity contribution in [2.24, 2.45) is 0 Å². The lowest BCUT2D eigenvalue weighted by atomic mass is 9.97. The molecule has 0 bridgehead atoms. The van der Waals surface area contributed by atoms with Gasteiger partial charge in [0.15, 0.2) is 5.69 Å². The van der Waals surface area contributed by atoms with Gasteiger partial charge >= 0.3 is 0 Å². The number of aromatic nitrogens is 2. The maximum atomic E-state index is 8.35. The first-order valence-corrected chi connectivity index (χ1v) is 15.9. The molecule has 2 heterocycles. The molecule has 9 rings (SSSR count). The van der Waals surface area contributed by atoms with Gasteiger partial charge in [-0.1, -0.05) is 121 Å². The molecule has 0 N–H and O–H groups in total. The van der Waals surface area contributed by atoms with Gasteiger partial charge in [-0.3, -0.25) is 0 Å². The highest BCUT2D eigenvalue weighted by molar-refractivity contribution is 6.15. The van der Waals surface area contributed by atoms with Crippen molar-refractivity contribution in [3.63, 3.8) is 0 Å². The van der Waals surface area contributed by atoms with Crippen LogP contribution >= 0.6 is 0 Å². The fourth-order valence-corrected chi connectivity index (χ4v) is 7.34. The lowest BCUT2D eigenvalue weighted by Crippen LogP contribution is -1.97. The van der Waals surface area contributed by atoms with Crippen LogP contribution in [0.2, 0.25) is 0 Å². The largest absolute Gasteiger partial charge is 0.320 e. The number of nitrogens with zero attached hydrogens (tertiary/aromatic N) is 4. The first kappa shape index (κ1) is 27.4. The first-order chi connectivity index (χ1) is 23.8. The zero-order chi connectivity index (χ0) is 32.2. The Morgan fingerprint density at radius 2 is 0.854 bits per heavy atom. The average Bonchev–Trinajstić information content (AvgIpc) is 3.67. The quantitative estimate of drug-likeness (QED) is 0.177. The van der Waals surface area contributed by atoms with Gasteiger partial charge in [-0.2, -0.15) is 0 Å². The standard InChI is InChI=1S/C44H26N4/c1-45-36-18-12-23-41-43(36)35-16-6-10-22-40(35)48(41)42-24-11-17-32(44(42)46-2)30-27-25-29(26-28-30)31-13-3-7-19-37(31)47-38-20-8-4-14-33(38)34-15-5-9-21-39(34)47/h3-28H. The van der Waals surface area contributed by atoms with E-state index in [1.165, 1.54) is 21.8 Å². The lowest BCUT2D eigenvalue weighted by molar-refractivity contribution is 1.18. The van der Waals surface area contributed by atoms with Gasteiger partial charge < -0.3 is 9.13 Å². The summed E-state index contributed by atoms with van der Waals surface area (Å²) < 4.78 is 4.49. The molecule has 4 nitrogen and oxygen atoms in total. The topological polar surface area (TPSA) is 18.6 Å². The molecular weight excluding hydrogens is 585 g/mol. The molecule has 0 unspecified atom stereocenters. The van der Waals surface area contributed by atoms with Crippen molar-refractivity contribution in [1.82, 2.24) is 9.13 Å². The molecule has 2 aromatic heterocycles. The molecule has 0 saturated heterocycles. The maximum absolute atomic E-state index is 8.35. The van der Waals surface area contributed by atoms with E-state index in [0.29, 0.717) is 11.4 Å². The molecule has 0 radical (unpaired) electrons. The zero-order valence-electron chi connectivity index (χ0n) is 25.8. The molecule has 0 aliphatic carbocycles. The van der Waals surface area contributed by atoms with Crippen molar-refractivity contribution in [2.75, 3.05) is 0 Å². The van der Waals surface area contributed by atoms with E-state index in [4.69, 9.17) is 13.1 Å². The number of hydrogen-bond acceptors (Lipinski definition) is 0. The van der Waals surface area contributed by atoms with E-state index in [1.54, 1.807) is 0 Å². The minimum Gasteiger partial charge on any atom is -0.320 e. The van der Waals surface area contributed by atoms with E-state index in [2.05, 4.69) is 128 Å². The summed E-state index contributed by atoms with van der Waals surface area (Å²) >= 11 is 0. The second-order valence-corrected chi connectivity index (χ2v) is 11.9. The lowest BCUT2D eigenvalue weighted by Gasteiger charge is -2.16. The maximum Gasteiger partial charge on any atom is 0.218 e. The predicted octanol–water partition coefficient (Wildman–Crippen LogP) is 12.3. The highest BCUT2D eigenvalue weighted by Gasteiger charge is 2.20. The van der Waals surface area contributed by atoms with Crippen LogP contribution in [0, 0.1) is 13.1 Å². The summed E-state index contributed by atoms with van der Waals surface area (Å²) in [5, 5.41) is 4.39. The van der Waals surface area contributed by atoms with Crippen molar-refractivity contribution in [3.05, 3.63) is 181 Å². The Balaban J connectivity index is 1.19. The van der Waals surface area contributed by atoms with Gasteiger partial charge in [0, 0.05) is 27.2 Å². The summed E-state index contributed by atoms with van der Waals surface area (Å²) in [7, 11) is 0. The molecule has 4 heteroatoms. The molecule has 0 aliphatic heterocycles. The van der Waals surface area contributed by atoms with E-state index in [-0.39, 0.29) is 0 Å². The van der Waals surface area contributed by atoms with Crippen LogP contribution in [-0.2, 0) is 0 Å². The molecule has 0 spiro atoms. The number of para-hydroxylation sites is 5. The van der Waals surface area contributed by atoms with E-state index >= 15 is 0 Å². The van der Waals surface area contributed by atoms with Crippen LogP contribution in [0.5, 0.6) is 0 Å². The number of rotatable bonds is 4. The Kier molecular flexibility index (Phi) is 6.22. The Morgan fingerprint density at radius 1 is 0.375 bits per heavy atom. The molecule has 222 valence electrons. The third-order valence-electron chi connectivity index (χ3n) is 9.40. The Labute approximate surface area is 277 Å². The zero-order valence-corrected chi connectivity index (χ0v) is 25.8. The van der Waals surface area contributed by atoms with Gasteiger partial charge in [-0.25, -0.2) is 9.69 Å². The van der Waals surface area contributed by atoms with E-state index in [0.717, 1.165) is 55.4 Å². The number of fused-ring (bicyclic) bond motifs is 6. The summed E-state index contributed by atoms with van der Waals surface area (Å²) in [5.41, 5.74) is 11.4. The van der Waals surface area contributed by atoms with Gasteiger partial charge in [-0.15, -0.1) is 0 Å². The highest BCUT2D eigenvalue weighted by atomic mass is 15.0. The van der Waals surface area contributed by atoms with Crippen molar-refractivity contribution in [1.29, 1.82) is 0 Å². The van der Waals surface area contributed by atoms with Crippen molar-refractivity contribution >= 4 is 55.0 Å². The minimum absolute atomic E-state index is 0.576. The van der Waals surface area contributed by atoms with E-state index in [9.17, 15) is 0 Å². The molecular formula is C44H26N4. The summed E-state index contributed by atoms with van der Waals surface area (Å²) in [5.74, 6) is 0. The van der Waals surface area contributed by atoms with Gasteiger partial charge in [0.25, 0.3) is 0 Å². The average molecular weight is 611 g/mol. The normalized spacial score (nSPS) is 11.3. The van der Waals surface area contributed by atoms with Crippen molar-refractivity contribution in [3.8, 4) is 33.6 Å². The van der Waals surface area contributed by atoms with E-state index in [1.807, 2.05) is 48.5 Å². The molecule has 9 aromatic rings. The van der Waals surface area contributed by atoms with Crippen LogP contribution in [0.3, 0.4) is 0 Å². The summed E-state index contributed by atoms with van der Waals surface area (Å²) in [4.78, 5) is 7.93. The molecule has 0 fully saturated rings.